The van der Waals surface area contributed by atoms with E-state index in [1.807, 2.05) is 6.07 Å². The third kappa shape index (κ3) is 4.11. The second-order valence-electron chi connectivity index (χ2n) is 6.32. The van der Waals surface area contributed by atoms with Crippen LogP contribution in [-0.2, 0) is 9.59 Å². The number of hydrogen-bond acceptors (Lipinski definition) is 5. The predicted octanol–water partition coefficient (Wildman–Crippen LogP) is 3.79. The molecule has 1 aromatic carbocycles. The molecule has 0 bridgehead atoms. The lowest BCUT2D eigenvalue weighted by atomic mass is 9.81. The van der Waals surface area contributed by atoms with Gasteiger partial charge in [0.2, 0.25) is 5.91 Å². The third-order valence-electron chi connectivity index (χ3n) is 4.54. The number of nitrogens with one attached hydrogen (secondary N) is 1. The van der Waals surface area contributed by atoms with Crippen LogP contribution in [0.3, 0.4) is 0 Å². The number of amides is 1. The number of carbonyl (C=O) groups excluding carboxylic acids is 1. The molecule has 6 nitrogen and oxygen atoms in total. The summed E-state index contributed by atoms with van der Waals surface area (Å²) in [5.41, 5.74) is -0.200. The maximum Gasteiger partial charge on any atom is 0.306 e. The highest BCUT2D eigenvalue weighted by molar-refractivity contribution is 7.16. The molecule has 0 radical (unpaired) electrons. The topological polar surface area (TPSA) is 103 Å². The lowest BCUT2D eigenvalue weighted by Gasteiger charge is -2.25. The Balaban J connectivity index is 1.81. The first kappa shape index (κ1) is 18.9. The molecule has 1 aliphatic rings. The molecule has 1 aliphatic carbocycles. The molecule has 1 aromatic heterocycles. The quantitative estimate of drug-likeness (QED) is 0.825. The highest BCUT2D eigenvalue weighted by Gasteiger charge is 2.31. The van der Waals surface area contributed by atoms with Gasteiger partial charge in [0, 0.05) is 11.5 Å². The minimum absolute atomic E-state index is 0.0399. The summed E-state index contributed by atoms with van der Waals surface area (Å²) in [6.45, 7) is 0. The van der Waals surface area contributed by atoms with E-state index in [1.165, 1.54) is 0 Å². The molecule has 1 heterocycles. The van der Waals surface area contributed by atoms with Gasteiger partial charge in [0.05, 0.1) is 5.92 Å². The van der Waals surface area contributed by atoms with Gasteiger partial charge in [0.15, 0.2) is 5.13 Å². The van der Waals surface area contributed by atoms with Gasteiger partial charge >= 0.3 is 5.97 Å². The zero-order valence-electron chi connectivity index (χ0n) is 14.0. The summed E-state index contributed by atoms with van der Waals surface area (Å²) in [5, 5.41) is 21.1. The Morgan fingerprint density at radius 3 is 2.74 bits per heavy atom. The standard InChI is InChI=1S/C18H15F2N3O3S/c19-11-4-5-13(20)12(7-11)15-14(8-21)27-18(22-15)23-16(24)9-2-1-3-10(6-9)17(25)26/h4-5,7,9-10H,1-3,6H2,(H,25,26)(H,22,23,24). The van der Waals surface area contributed by atoms with Crippen LogP contribution in [-0.4, -0.2) is 22.0 Å². The number of anilines is 1. The molecule has 3 rings (SSSR count). The van der Waals surface area contributed by atoms with E-state index < -0.39 is 29.4 Å². The number of hydrogen-bond donors (Lipinski definition) is 2. The highest BCUT2D eigenvalue weighted by atomic mass is 32.1. The maximum atomic E-state index is 14.0. The number of nitriles is 1. The van der Waals surface area contributed by atoms with Gasteiger partial charge in [-0.3, -0.25) is 9.59 Å². The van der Waals surface area contributed by atoms with E-state index in [4.69, 9.17) is 5.11 Å². The fraction of sp³-hybridized carbons (Fsp3) is 0.333. The first-order chi connectivity index (χ1) is 12.9. The van der Waals surface area contributed by atoms with Gasteiger partial charge in [-0.2, -0.15) is 5.26 Å². The molecule has 1 saturated carbocycles. The zero-order chi connectivity index (χ0) is 19.6. The van der Waals surface area contributed by atoms with Crippen molar-refractivity contribution in [2.75, 3.05) is 5.32 Å². The number of aromatic nitrogens is 1. The van der Waals surface area contributed by atoms with Gasteiger partial charge in [-0.05, 0) is 37.5 Å². The summed E-state index contributed by atoms with van der Waals surface area (Å²) in [6.07, 6.45) is 1.98. The van der Waals surface area contributed by atoms with Gasteiger partial charge in [-0.1, -0.05) is 17.8 Å². The normalized spacial score (nSPS) is 19.3. The van der Waals surface area contributed by atoms with Gasteiger partial charge in [-0.15, -0.1) is 0 Å². The molecule has 2 N–H and O–H groups in total. The molecule has 0 saturated heterocycles. The Kier molecular flexibility index (Phi) is 5.46. The van der Waals surface area contributed by atoms with E-state index in [0.717, 1.165) is 29.5 Å². The molecule has 2 atom stereocenters. The van der Waals surface area contributed by atoms with Crippen LogP contribution < -0.4 is 5.32 Å². The minimum atomic E-state index is -0.919. The molecular weight excluding hydrogens is 376 g/mol. The van der Waals surface area contributed by atoms with Crippen LogP contribution in [0.5, 0.6) is 0 Å². The fourth-order valence-electron chi connectivity index (χ4n) is 3.17. The molecule has 140 valence electrons. The van der Waals surface area contributed by atoms with E-state index in [9.17, 15) is 23.6 Å². The number of carbonyl (C=O) groups is 2. The molecule has 1 amide bonds. The second kappa shape index (κ2) is 7.80. The van der Waals surface area contributed by atoms with Crippen LogP contribution in [0.25, 0.3) is 11.3 Å². The zero-order valence-corrected chi connectivity index (χ0v) is 14.9. The van der Waals surface area contributed by atoms with Crippen molar-refractivity contribution in [3.05, 3.63) is 34.7 Å². The Bertz CT molecular complexity index is 938. The summed E-state index contributed by atoms with van der Waals surface area (Å²) in [4.78, 5) is 27.7. The SMILES string of the molecule is N#Cc1sc(NC(=O)C2CCCC(C(=O)O)C2)nc1-c1cc(F)ccc1F. The van der Waals surface area contributed by atoms with Crippen molar-refractivity contribution in [1.82, 2.24) is 4.98 Å². The van der Waals surface area contributed by atoms with Crippen LogP contribution in [0.1, 0.15) is 30.6 Å². The van der Waals surface area contributed by atoms with Crippen LogP contribution in [0.4, 0.5) is 13.9 Å². The van der Waals surface area contributed by atoms with Crippen molar-refractivity contribution in [1.29, 1.82) is 5.26 Å². The number of aliphatic carboxylic acids is 1. The van der Waals surface area contributed by atoms with Crippen LogP contribution in [0.2, 0.25) is 0 Å². The number of carboxylic acids is 1. The number of nitrogens with zero attached hydrogens (tertiary/aromatic N) is 2. The summed E-state index contributed by atoms with van der Waals surface area (Å²) in [6, 6.07) is 4.72. The Morgan fingerprint density at radius 1 is 1.30 bits per heavy atom. The molecule has 2 aromatic rings. The number of halogens is 2. The lowest BCUT2D eigenvalue weighted by molar-refractivity contribution is -0.143. The monoisotopic (exact) mass is 391 g/mol. The molecule has 0 spiro atoms. The average Bonchev–Trinajstić information content (AvgIpc) is 3.06. The maximum absolute atomic E-state index is 14.0. The predicted molar refractivity (Wildman–Crippen MR) is 93.9 cm³/mol. The number of rotatable bonds is 4. The molecule has 1 fully saturated rings. The molecule has 9 heteroatoms. The molecule has 27 heavy (non-hydrogen) atoms. The van der Waals surface area contributed by atoms with E-state index in [0.29, 0.717) is 19.3 Å². The Hall–Kier alpha value is -2.86. The number of thiazole rings is 1. The first-order valence-corrected chi connectivity index (χ1v) is 9.10. The summed E-state index contributed by atoms with van der Waals surface area (Å²) in [5.74, 6) is -3.73. The Labute approximate surface area is 157 Å². The van der Waals surface area contributed by atoms with Crippen molar-refractivity contribution >= 4 is 28.3 Å². The third-order valence-corrected chi connectivity index (χ3v) is 5.41. The molecule has 0 aliphatic heterocycles. The summed E-state index contributed by atoms with van der Waals surface area (Å²) in [7, 11) is 0. The lowest BCUT2D eigenvalue weighted by Crippen LogP contribution is -2.30. The van der Waals surface area contributed by atoms with Crippen LogP contribution >= 0.6 is 11.3 Å². The summed E-state index contributed by atoms with van der Waals surface area (Å²) >= 11 is 0.859. The van der Waals surface area contributed by atoms with Crippen molar-refractivity contribution in [3.63, 3.8) is 0 Å². The van der Waals surface area contributed by atoms with Gasteiger partial charge < -0.3 is 10.4 Å². The minimum Gasteiger partial charge on any atom is -0.481 e. The number of benzene rings is 1. The van der Waals surface area contributed by atoms with Crippen LogP contribution in [0.15, 0.2) is 18.2 Å². The highest BCUT2D eigenvalue weighted by Crippen LogP contribution is 2.34. The first-order valence-electron chi connectivity index (χ1n) is 8.29. The van der Waals surface area contributed by atoms with Crippen LogP contribution in [0, 0.1) is 34.8 Å². The second-order valence-corrected chi connectivity index (χ2v) is 7.32. The average molecular weight is 391 g/mol. The van der Waals surface area contributed by atoms with Crippen molar-refractivity contribution in [3.8, 4) is 17.3 Å². The Morgan fingerprint density at radius 2 is 2.04 bits per heavy atom. The summed E-state index contributed by atoms with van der Waals surface area (Å²) < 4.78 is 27.4. The van der Waals surface area contributed by atoms with Gasteiger partial charge in [-0.25, -0.2) is 13.8 Å². The van der Waals surface area contributed by atoms with E-state index >= 15 is 0 Å². The van der Waals surface area contributed by atoms with E-state index in [2.05, 4.69) is 10.3 Å². The van der Waals surface area contributed by atoms with Crippen molar-refractivity contribution in [2.24, 2.45) is 11.8 Å². The smallest absolute Gasteiger partial charge is 0.306 e. The van der Waals surface area contributed by atoms with Crippen molar-refractivity contribution < 1.29 is 23.5 Å². The molecule has 2 unspecified atom stereocenters. The van der Waals surface area contributed by atoms with Gasteiger partial charge in [0.25, 0.3) is 0 Å². The number of carboxylic acid groups (broad SMARTS) is 1. The van der Waals surface area contributed by atoms with Gasteiger partial charge in [0.1, 0.15) is 28.3 Å². The van der Waals surface area contributed by atoms with E-state index in [1.54, 1.807) is 0 Å². The molecular formula is C18H15F2N3O3S. The van der Waals surface area contributed by atoms with Crippen molar-refractivity contribution in [2.45, 2.75) is 25.7 Å². The largest absolute Gasteiger partial charge is 0.481 e. The van der Waals surface area contributed by atoms with E-state index in [-0.39, 0.29) is 33.6 Å². The fourth-order valence-corrected chi connectivity index (χ4v) is 3.95.